The van der Waals surface area contributed by atoms with Crippen molar-refractivity contribution in [3.05, 3.63) is 65.2 Å². The van der Waals surface area contributed by atoms with Crippen molar-refractivity contribution in [2.45, 2.75) is 51.3 Å². The molecule has 1 aromatic carbocycles. The number of aryl methyl sites for hydroxylation is 1. The molecular formula is C22H24FN3O2. The average molecular weight is 381 g/mol. The first-order valence-electron chi connectivity index (χ1n) is 9.71. The minimum atomic E-state index is -0.499. The van der Waals surface area contributed by atoms with Crippen LogP contribution < -0.4 is 5.32 Å². The topological polar surface area (TPSA) is 67.2 Å². The van der Waals surface area contributed by atoms with E-state index in [-0.39, 0.29) is 17.8 Å². The van der Waals surface area contributed by atoms with Gasteiger partial charge in [0, 0.05) is 18.9 Å². The maximum absolute atomic E-state index is 13.6. The van der Waals surface area contributed by atoms with Crippen LogP contribution in [0.4, 0.5) is 4.39 Å². The molecule has 0 radical (unpaired) electrons. The number of aliphatic hydroxyl groups is 1. The minimum Gasteiger partial charge on any atom is -0.391 e. The second kappa shape index (κ2) is 7.72. The number of hydrogen-bond donors (Lipinski definition) is 2. The van der Waals surface area contributed by atoms with Crippen LogP contribution in [0, 0.1) is 12.7 Å². The Morgan fingerprint density at radius 1 is 1.32 bits per heavy atom. The van der Waals surface area contributed by atoms with Crippen molar-refractivity contribution in [3.63, 3.8) is 0 Å². The number of rotatable bonds is 4. The van der Waals surface area contributed by atoms with Gasteiger partial charge >= 0.3 is 0 Å². The molecule has 28 heavy (non-hydrogen) atoms. The molecule has 2 aromatic heterocycles. The Balaban J connectivity index is 1.64. The second-order valence-corrected chi connectivity index (χ2v) is 7.56. The summed E-state index contributed by atoms with van der Waals surface area (Å²) in [6.45, 7) is 2.26. The second-order valence-electron chi connectivity index (χ2n) is 7.56. The zero-order chi connectivity index (χ0) is 19.7. The third kappa shape index (κ3) is 3.64. The van der Waals surface area contributed by atoms with Gasteiger partial charge in [-0.25, -0.2) is 4.39 Å². The number of carbonyl (C=O) groups excluding carboxylic acids is 1. The first kappa shape index (κ1) is 18.6. The number of nitrogens with one attached hydrogen (secondary N) is 1. The summed E-state index contributed by atoms with van der Waals surface area (Å²) in [5.41, 5.74) is 3.51. The van der Waals surface area contributed by atoms with E-state index in [2.05, 4.69) is 10.3 Å². The van der Waals surface area contributed by atoms with E-state index in [0.717, 1.165) is 36.8 Å². The summed E-state index contributed by atoms with van der Waals surface area (Å²) in [6, 6.07) is 8.57. The zero-order valence-corrected chi connectivity index (χ0v) is 15.9. The van der Waals surface area contributed by atoms with Crippen molar-refractivity contribution in [2.75, 3.05) is 0 Å². The van der Waals surface area contributed by atoms with Gasteiger partial charge in [-0.2, -0.15) is 0 Å². The lowest BCUT2D eigenvalue weighted by Gasteiger charge is -2.28. The van der Waals surface area contributed by atoms with E-state index in [1.54, 1.807) is 25.4 Å². The Hall–Kier alpha value is -2.73. The van der Waals surface area contributed by atoms with Gasteiger partial charge in [0.25, 0.3) is 5.91 Å². The van der Waals surface area contributed by atoms with Crippen molar-refractivity contribution >= 4 is 16.9 Å². The molecule has 2 unspecified atom stereocenters. The Morgan fingerprint density at radius 2 is 2.14 bits per heavy atom. The Morgan fingerprint density at radius 3 is 2.93 bits per heavy atom. The fraction of sp³-hybridized carbons (Fsp3) is 0.364. The number of carbonyl (C=O) groups is 1. The summed E-state index contributed by atoms with van der Waals surface area (Å²) in [5.74, 6) is -0.447. The molecule has 0 saturated heterocycles. The fourth-order valence-electron chi connectivity index (χ4n) is 3.95. The van der Waals surface area contributed by atoms with Gasteiger partial charge in [0.05, 0.1) is 23.2 Å². The molecule has 2 atom stereocenters. The molecule has 6 heteroatoms. The Labute approximate surface area is 163 Å². The smallest absolute Gasteiger partial charge is 0.255 e. The van der Waals surface area contributed by atoms with Crippen molar-refractivity contribution in [3.8, 4) is 0 Å². The summed E-state index contributed by atoms with van der Waals surface area (Å²) in [6.07, 6.45) is 6.46. The van der Waals surface area contributed by atoms with Gasteiger partial charge in [-0.1, -0.05) is 25.0 Å². The van der Waals surface area contributed by atoms with Crippen LogP contribution in [-0.4, -0.2) is 32.7 Å². The lowest BCUT2D eigenvalue weighted by Crippen LogP contribution is -2.45. The first-order chi connectivity index (χ1) is 13.5. The molecule has 0 spiro atoms. The predicted molar refractivity (Wildman–Crippen MR) is 106 cm³/mol. The molecule has 5 nitrogen and oxygen atoms in total. The Kier molecular flexibility index (Phi) is 5.13. The third-order valence-electron chi connectivity index (χ3n) is 5.50. The average Bonchev–Trinajstić information content (AvgIpc) is 3.05. The molecule has 1 fully saturated rings. The quantitative estimate of drug-likeness (QED) is 0.726. The van der Waals surface area contributed by atoms with Crippen LogP contribution in [0.5, 0.6) is 0 Å². The number of halogens is 1. The van der Waals surface area contributed by atoms with E-state index in [9.17, 15) is 14.3 Å². The fourth-order valence-corrected chi connectivity index (χ4v) is 3.95. The van der Waals surface area contributed by atoms with Crippen LogP contribution in [0.1, 0.15) is 47.2 Å². The summed E-state index contributed by atoms with van der Waals surface area (Å²) >= 11 is 0. The van der Waals surface area contributed by atoms with Gasteiger partial charge in [0.15, 0.2) is 0 Å². The van der Waals surface area contributed by atoms with Gasteiger partial charge in [-0.15, -0.1) is 0 Å². The summed E-state index contributed by atoms with van der Waals surface area (Å²) < 4.78 is 15.5. The van der Waals surface area contributed by atoms with Crippen LogP contribution in [-0.2, 0) is 6.54 Å². The molecular weight excluding hydrogens is 357 g/mol. The lowest BCUT2D eigenvalue weighted by atomic mass is 9.92. The van der Waals surface area contributed by atoms with Crippen molar-refractivity contribution < 1.29 is 14.3 Å². The van der Waals surface area contributed by atoms with Crippen molar-refractivity contribution in [2.24, 2.45) is 0 Å². The molecule has 1 amide bonds. The van der Waals surface area contributed by atoms with E-state index in [1.165, 1.54) is 6.07 Å². The number of amides is 1. The van der Waals surface area contributed by atoms with Gasteiger partial charge < -0.3 is 15.0 Å². The molecule has 1 saturated carbocycles. The zero-order valence-electron chi connectivity index (χ0n) is 15.9. The third-order valence-corrected chi connectivity index (χ3v) is 5.50. The molecule has 1 aliphatic carbocycles. The van der Waals surface area contributed by atoms with Gasteiger partial charge in [-0.05, 0) is 49.1 Å². The summed E-state index contributed by atoms with van der Waals surface area (Å²) in [4.78, 5) is 17.3. The molecule has 0 aliphatic heterocycles. The summed E-state index contributed by atoms with van der Waals surface area (Å²) in [5, 5.41) is 13.1. The van der Waals surface area contributed by atoms with E-state index in [0.29, 0.717) is 23.2 Å². The summed E-state index contributed by atoms with van der Waals surface area (Å²) in [7, 11) is 0. The van der Waals surface area contributed by atoms with E-state index in [1.807, 2.05) is 22.8 Å². The SMILES string of the molecule is Cc1cc(Cn2cc(C(=O)NC3CCCCC3O)c3ncccc32)ccc1F. The molecule has 4 rings (SSSR count). The van der Waals surface area contributed by atoms with Crippen LogP contribution >= 0.6 is 0 Å². The molecule has 2 heterocycles. The maximum atomic E-state index is 13.6. The van der Waals surface area contributed by atoms with Gasteiger partial charge in [-0.3, -0.25) is 9.78 Å². The van der Waals surface area contributed by atoms with Crippen LogP contribution in [0.3, 0.4) is 0 Å². The maximum Gasteiger partial charge on any atom is 0.255 e. The highest BCUT2D eigenvalue weighted by atomic mass is 19.1. The number of benzene rings is 1. The predicted octanol–water partition coefficient (Wildman–Crippen LogP) is 3.57. The van der Waals surface area contributed by atoms with Crippen LogP contribution in [0.25, 0.3) is 11.0 Å². The van der Waals surface area contributed by atoms with Crippen LogP contribution in [0.2, 0.25) is 0 Å². The van der Waals surface area contributed by atoms with Crippen LogP contribution in [0.15, 0.2) is 42.7 Å². The van der Waals surface area contributed by atoms with Crippen molar-refractivity contribution in [1.29, 1.82) is 0 Å². The van der Waals surface area contributed by atoms with E-state index < -0.39 is 6.10 Å². The number of nitrogens with zero attached hydrogens (tertiary/aromatic N) is 2. The minimum absolute atomic E-state index is 0.219. The lowest BCUT2D eigenvalue weighted by molar-refractivity contribution is 0.0718. The van der Waals surface area contributed by atoms with Gasteiger partial charge in [0.1, 0.15) is 11.3 Å². The largest absolute Gasteiger partial charge is 0.391 e. The van der Waals surface area contributed by atoms with E-state index >= 15 is 0 Å². The highest BCUT2D eigenvalue weighted by molar-refractivity contribution is 6.05. The number of fused-ring (bicyclic) bond motifs is 1. The number of pyridine rings is 1. The molecule has 146 valence electrons. The number of aliphatic hydroxyl groups excluding tert-OH is 1. The van der Waals surface area contributed by atoms with Crippen molar-refractivity contribution in [1.82, 2.24) is 14.9 Å². The van der Waals surface area contributed by atoms with Gasteiger partial charge in [0.2, 0.25) is 0 Å². The number of aromatic nitrogens is 2. The first-order valence-corrected chi connectivity index (χ1v) is 9.71. The molecule has 2 N–H and O–H groups in total. The Bertz CT molecular complexity index is 1010. The van der Waals surface area contributed by atoms with E-state index in [4.69, 9.17) is 0 Å². The highest BCUT2D eigenvalue weighted by Gasteiger charge is 2.26. The monoisotopic (exact) mass is 381 g/mol. The molecule has 3 aromatic rings. The highest BCUT2D eigenvalue weighted by Crippen LogP contribution is 2.23. The molecule has 1 aliphatic rings. The molecule has 0 bridgehead atoms. The normalized spacial score (nSPS) is 19.7. The number of hydrogen-bond acceptors (Lipinski definition) is 3. The standard InChI is InChI=1S/C22H24FN3O2/c1-14-11-15(8-9-17(14)23)12-26-13-16(21-19(26)6-4-10-24-21)22(28)25-18-5-2-3-7-20(18)27/h4,6,8-11,13,18,20,27H,2-3,5,7,12H2,1H3,(H,25,28).